The van der Waals surface area contributed by atoms with E-state index in [1.54, 1.807) is 5.57 Å². The molecule has 16 heavy (non-hydrogen) atoms. The van der Waals surface area contributed by atoms with Crippen LogP contribution in [0.5, 0.6) is 0 Å². The predicted molar refractivity (Wildman–Crippen MR) is 72.2 cm³/mol. The summed E-state index contributed by atoms with van der Waals surface area (Å²) in [6.07, 6.45) is 9.09. The van der Waals surface area contributed by atoms with Gasteiger partial charge in [-0.05, 0) is 25.5 Å². The molecule has 1 rings (SSSR count). The zero-order valence-corrected chi connectivity index (χ0v) is 10.7. The highest BCUT2D eigenvalue weighted by atomic mass is 15.1. The van der Waals surface area contributed by atoms with Gasteiger partial charge in [-0.15, -0.1) is 0 Å². The Hall–Kier alpha value is -0.890. The van der Waals surface area contributed by atoms with Crippen LogP contribution in [0.25, 0.3) is 0 Å². The molecule has 0 fully saturated rings. The molecule has 0 saturated heterocycles. The van der Waals surface area contributed by atoms with Crippen LogP contribution in [0.1, 0.15) is 26.7 Å². The Labute approximate surface area is 99.8 Å². The van der Waals surface area contributed by atoms with Gasteiger partial charge >= 0.3 is 0 Å². The summed E-state index contributed by atoms with van der Waals surface area (Å²) in [5.74, 6) is 0.713. The van der Waals surface area contributed by atoms with Gasteiger partial charge in [-0.25, -0.2) is 0 Å². The highest BCUT2D eigenvalue weighted by Crippen LogP contribution is 2.13. The molecule has 2 heteroatoms. The molecule has 0 amide bonds. The number of hydrogen-bond donors (Lipinski definition) is 0. The Morgan fingerprint density at radius 1 is 1.50 bits per heavy atom. The second-order valence-electron chi connectivity index (χ2n) is 4.87. The number of nitrogens with zero attached hydrogens (tertiary/aromatic N) is 2. The summed E-state index contributed by atoms with van der Waals surface area (Å²) >= 11 is 0. The maximum atomic E-state index is 3.95. The van der Waals surface area contributed by atoms with E-state index in [1.165, 1.54) is 12.8 Å². The zero-order valence-electron chi connectivity index (χ0n) is 10.7. The second kappa shape index (κ2) is 7.39. The molecule has 1 aliphatic carbocycles. The number of hydrogen-bond acceptors (Lipinski definition) is 2. The Balaban J connectivity index is 2.44. The predicted octanol–water partition coefficient (Wildman–Crippen LogP) is 2.92. The SMILES string of the molecule is C=NCCN(CC1=CC=CCC1)CC(C)C. The van der Waals surface area contributed by atoms with Gasteiger partial charge < -0.3 is 0 Å². The molecule has 90 valence electrons. The topological polar surface area (TPSA) is 15.6 Å². The molecule has 2 nitrogen and oxygen atoms in total. The van der Waals surface area contributed by atoms with E-state index in [-0.39, 0.29) is 0 Å². The fraction of sp³-hybridized carbons (Fsp3) is 0.643. The molecule has 1 aliphatic rings. The maximum absolute atomic E-state index is 3.95. The van der Waals surface area contributed by atoms with Gasteiger partial charge in [-0.2, -0.15) is 0 Å². The molecule has 0 N–H and O–H groups in total. The van der Waals surface area contributed by atoms with Gasteiger partial charge in [0.05, 0.1) is 6.54 Å². The fourth-order valence-electron chi connectivity index (χ4n) is 2.03. The highest BCUT2D eigenvalue weighted by molar-refractivity contribution is 5.23. The number of allylic oxidation sites excluding steroid dienone is 3. The molecule has 0 heterocycles. The first-order valence-corrected chi connectivity index (χ1v) is 6.21. The number of aliphatic imine (C=N–C) groups is 1. The minimum Gasteiger partial charge on any atom is -0.300 e. The van der Waals surface area contributed by atoms with E-state index in [0.717, 1.165) is 26.2 Å². The Bertz CT molecular complexity index is 264. The van der Waals surface area contributed by atoms with Crippen molar-refractivity contribution in [1.82, 2.24) is 4.90 Å². The summed E-state index contributed by atoms with van der Waals surface area (Å²) < 4.78 is 0. The first-order chi connectivity index (χ1) is 7.72. The summed E-state index contributed by atoms with van der Waals surface area (Å²) in [5.41, 5.74) is 1.55. The first kappa shape index (κ1) is 13.2. The van der Waals surface area contributed by atoms with Crippen molar-refractivity contribution in [1.29, 1.82) is 0 Å². The summed E-state index contributed by atoms with van der Waals surface area (Å²) in [6, 6.07) is 0. The van der Waals surface area contributed by atoms with E-state index in [1.807, 2.05) is 0 Å². The molecule has 0 aromatic rings. The molecule has 0 aromatic carbocycles. The Morgan fingerprint density at radius 3 is 2.88 bits per heavy atom. The molecule has 0 aromatic heterocycles. The molecule has 0 spiro atoms. The Kier molecular flexibility index (Phi) is 6.09. The van der Waals surface area contributed by atoms with Gasteiger partial charge in [0.15, 0.2) is 0 Å². The van der Waals surface area contributed by atoms with E-state index < -0.39 is 0 Å². The van der Waals surface area contributed by atoms with Crippen molar-refractivity contribution in [2.45, 2.75) is 26.7 Å². The van der Waals surface area contributed by atoms with Crippen molar-refractivity contribution in [3.05, 3.63) is 23.8 Å². The molecule has 0 aliphatic heterocycles. The van der Waals surface area contributed by atoms with Crippen LogP contribution in [0.15, 0.2) is 28.8 Å². The maximum Gasteiger partial charge on any atom is 0.0509 e. The minimum absolute atomic E-state index is 0.713. The van der Waals surface area contributed by atoms with Crippen LogP contribution >= 0.6 is 0 Å². The third-order valence-corrected chi connectivity index (χ3v) is 2.72. The lowest BCUT2D eigenvalue weighted by Gasteiger charge is -2.25. The quantitative estimate of drug-likeness (QED) is 0.602. The largest absolute Gasteiger partial charge is 0.300 e. The highest BCUT2D eigenvalue weighted by Gasteiger charge is 2.09. The lowest BCUT2D eigenvalue weighted by atomic mass is 10.0. The molecule has 0 unspecified atom stereocenters. The smallest absolute Gasteiger partial charge is 0.0509 e. The van der Waals surface area contributed by atoms with Gasteiger partial charge in [0, 0.05) is 19.6 Å². The third kappa shape index (κ3) is 5.26. The van der Waals surface area contributed by atoms with Gasteiger partial charge in [0.25, 0.3) is 0 Å². The van der Waals surface area contributed by atoms with Crippen molar-refractivity contribution in [3.8, 4) is 0 Å². The summed E-state index contributed by atoms with van der Waals surface area (Å²) in [5, 5.41) is 0. The van der Waals surface area contributed by atoms with Gasteiger partial charge in [0.1, 0.15) is 0 Å². The van der Waals surface area contributed by atoms with E-state index >= 15 is 0 Å². The molecule has 0 bridgehead atoms. The van der Waals surface area contributed by atoms with E-state index in [4.69, 9.17) is 0 Å². The van der Waals surface area contributed by atoms with Crippen LogP contribution in [-0.2, 0) is 0 Å². The molecule has 0 atom stereocenters. The molecule has 0 radical (unpaired) electrons. The zero-order chi connectivity index (χ0) is 11.8. The van der Waals surface area contributed by atoms with E-state index in [9.17, 15) is 0 Å². The normalized spacial score (nSPS) is 15.6. The summed E-state index contributed by atoms with van der Waals surface area (Å²) in [6.45, 7) is 12.2. The third-order valence-electron chi connectivity index (χ3n) is 2.72. The average Bonchev–Trinajstić information content (AvgIpc) is 2.26. The standard InChI is InChI=1S/C14H24N2/c1-13(2)11-16(10-9-15-3)12-14-7-5-4-6-8-14/h4-5,7,13H,3,6,8-12H2,1-2H3. The lowest BCUT2D eigenvalue weighted by molar-refractivity contribution is 0.268. The van der Waals surface area contributed by atoms with Crippen molar-refractivity contribution < 1.29 is 0 Å². The van der Waals surface area contributed by atoms with Crippen LogP contribution in [-0.4, -0.2) is 37.8 Å². The van der Waals surface area contributed by atoms with Crippen LogP contribution < -0.4 is 0 Å². The first-order valence-electron chi connectivity index (χ1n) is 6.21. The lowest BCUT2D eigenvalue weighted by Crippen LogP contribution is -2.32. The monoisotopic (exact) mass is 220 g/mol. The average molecular weight is 220 g/mol. The van der Waals surface area contributed by atoms with Crippen LogP contribution in [0.4, 0.5) is 0 Å². The minimum atomic E-state index is 0.713. The Morgan fingerprint density at radius 2 is 2.31 bits per heavy atom. The van der Waals surface area contributed by atoms with Gasteiger partial charge in [0.2, 0.25) is 0 Å². The second-order valence-corrected chi connectivity index (χ2v) is 4.87. The van der Waals surface area contributed by atoms with E-state index in [2.05, 4.69) is 48.7 Å². The van der Waals surface area contributed by atoms with Gasteiger partial charge in [-0.1, -0.05) is 37.6 Å². The number of rotatable bonds is 7. The summed E-state index contributed by atoms with van der Waals surface area (Å²) in [4.78, 5) is 6.44. The van der Waals surface area contributed by atoms with Crippen molar-refractivity contribution >= 4 is 6.72 Å². The van der Waals surface area contributed by atoms with Crippen molar-refractivity contribution in [3.63, 3.8) is 0 Å². The van der Waals surface area contributed by atoms with Crippen LogP contribution in [0, 0.1) is 5.92 Å². The van der Waals surface area contributed by atoms with Crippen LogP contribution in [0.2, 0.25) is 0 Å². The molecular weight excluding hydrogens is 196 g/mol. The molecule has 0 saturated carbocycles. The van der Waals surface area contributed by atoms with Crippen LogP contribution in [0.3, 0.4) is 0 Å². The van der Waals surface area contributed by atoms with Gasteiger partial charge in [-0.3, -0.25) is 9.89 Å². The molecular formula is C14H24N2. The fourth-order valence-corrected chi connectivity index (χ4v) is 2.03. The summed E-state index contributed by atoms with van der Waals surface area (Å²) in [7, 11) is 0. The van der Waals surface area contributed by atoms with E-state index in [0.29, 0.717) is 5.92 Å². The van der Waals surface area contributed by atoms with Crippen molar-refractivity contribution in [2.24, 2.45) is 10.9 Å². The van der Waals surface area contributed by atoms with Crippen molar-refractivity contribution in [2.75, 3.05) is 26.2 Å².